The molecule has 2 heterocycles. The zero-order chi connectivity index (χ0) is 14.4. The Morgan fingerprint density at radius 2 is 1.60 bits per heavy atom. The summed E-state index contributed by atoms with van der Waals surface area (Å²) in [5.41, 5.74) is 7.27. The van der Waals surface area contributed by atoms with Gasteiger partial charge in [-0.05, 0) is 44.4 Å². The quantitative estimate of drug-likeness (QED) is 0.574. The third kappa shape index (κ3) is 2.02. The fourth-order valence-corrected chi connectivity index (χ4v) is 4.10. The first-order chi connectivity index (χ1) is 9.49. The average Bonchev–Trinajstić information content (AvgIpc) is 2.67. The summed E-state index contributed by atoms with van der Waals surface area (Å²) in [5, 5.41) is 0.539. The molecule has 0 unspecified atom stereocenters. The van der Waals surface area contributed by atoms with Crippen LogP contribution in [0.1, 0.15) is 21.6 Å². The molecular formula is C16H15ClN2S. The lowest BCUT2D eigenvalue weighted by Crippen LogP contribution is -1.91. The third-order valence-corrected chi connectivity index (χ3v) is 5.03. The van der Waals surface area contributed by atoms with Crippen LogP contribution in [-0.2, 0) is 0 Å². The lowest BCUT2D eigenvalue weighted by molar-refractivity contribution is 1.23. The molecule has 3 rings (SSSR count). The molecule has 2 nitrogen and oxygen atoms in total. The van der Waals surface area contributed by atoms with Gasteiger partial charge in [0.15, 0.2) is 0 Å². The number of halogens is 1. The Hall–Kier alpha value is -1.45. The van der Waals surface area contributed by atoms with E-state index >= 15 is 0 Å². The van der Waals surface area contributed by atoms with Crippen molar-refractivity contribution in [2.45, 2.75) is 27.7 Å². The van der Waals surface area contributed by atoms with E-state index in [9.17, 15) is 0 Å². The number of aromatic nitrogens is 2. The van der Waals surface area contributed by atoms with Crippen molar-refractivity contribution >= 4 is 33.2 Å². The molecule has 0 amide bonds. The molecule has 0 radical (unpaired) electrons. The number of aryl methyl sites for hydroxylation is 4. The van der Waals surface area contributed by atoms with Gasteiger partial charge in [0.25, 0.3) is 0 Å². The lowest BCUT2D eigenvalue weighted by Gasteiger charge is -2.11. The van der Waals surface area contributed by atoms with Crippen LogP contribution >= 0.6 is 22.9 Å². The maximum Gasteiger partial charge on any atom is 0.150 e. The SMILES string of the molecule is Cc1cc(C)c(-c2c(C)sc3c(Cl)ncnc23)c(C)c1. The summed E-state index contributed by atoms with van der Waals surface area (Å²) in [4.78, 5) is 9.77. The molecule has 0 atom stereocenters. The van der Waals surface area contributed by atoms with Gasteiger partial charge in [0.1, 0.15) is 11.5 Å². The summed E-state index contributed by atoms with van der Waals surface area (Å²) in [6, 6.07) is 4.43. The molecule has 4 heteroatoms. The van der Waals surface area contributed by atoms with Crippen molar-refractivity contribution in [3.05, 3.63) is 45.2 Å². The van der Waals surface area contributed by atoms with Gasteiger partial charge in [-0.25, -0.2) is 9.97 Å². The number of nitrogens with zero attached hydrogens (tertiary/aromatic N) is 2. The monoisotopic (exact) mass is 302 g/mol. The van der Waals surface area contributed by atoms with E-state index < -0.39 is 0 Å². The highest BCUT2D eigenvalue weighted by Crippen LogP contribution is 2.41. The van der Waals surface area contributed by atoms with Crippen molar-refractivity contribution in [3.8, 4) is 11.1 Å². The first-order valence-electron chi connectivity index (χ1n) is 6.47. The lowest BCUT2D eigenvalue weighted by atomic mass is 9.93. The Balaban J connectivity index is 2.42. The number of rotatable bonds is 1. The first-order valence-corrected chi connectivity index (χ1v) is 7.66. The van der Waals surface area contributed by atoms with E-state index in [1.807, 2.05) is 0 Å². The molecule has 0 fully saturated rings. The maximum atomic E-state index is 6.19. The molecule has 0 N–H and O–H groups in total. The standard InChI is InChI=1S/C16H15ClN2S/c1-8-5-9(2)12(10(3)6-8)13-11(4)20-15-14(13)18-7-19-16(15)17/h5-7H,1-4H3. The molecule has 102 valence electrons. The summed E-state index contributed by atoms with van der Waals surface area (Å²) in [6.45, 7) is 8.56. The molecule has 0 spiro atoms. The van der Waals surface area contributed by atoms with Crippen LogP contribution in [0, 0.1) is 27.7 Å². The number of fused-ring (bicyclic) bond motifs is 1. The van der Waals surface area contributed by atoms with Crippen molar-refractivity contribution in [2.75, 3.05) is 0 Å². The van der Waals surface area contributed by atoms with E-state index in [4.69, 9.17) is 11.6 Å². The van der Waals surface area contributed by atoms with Crippen LogP contribution in [0.25, 0.3) is 21.3 Å². The van der Waals surface area contributed by atoms with Crippen LogP contribution in [0.3, 0.4) is 0 Å². The van der Waals surface area contributed by atoms with Gasteiger partial charge in [0.2, 0.25) is 0 Å². The highest BCUT2D eigenvalue weighted by atomic mass is 35.5. The number of hydrogen-bond acceptors (Lipinski definition) is 3. The Kier molecular flexibility index (Phi) is 3.27. The fraction of sp³-hybridized carbons (Fsp3) is 0.250. The zero-order valence-corrected chi connectivity index (χ0v) is 13.5. The largest absolute Gasteiger partial charge is 0.235 e. The van der Waals surface area contributed by atoms with Gasteiger partial charge in [-0.3, -0.25) is 0 Å². The van der Waals surface area contributed by atoms with Gasteiger partial charge >= 0.3 is 0 Å². The molecule has 0 bridgehead atoms. The Labute approximate surface area is 127 Å². The molecule has 1 aromatic carbocycles. The van der Waals surface area contributed by atoms with Crippen molar-refractivity contribution < 1.29 is 0 Å². The summed E-state index contributed by atoms with van der Waals surface area (Å²) >= 11 is 7.86. The molecule has 0 saturated heterocycles. The minimum Gasteiger partial charge on any atom is -0.235 e. The van der Waals surface area contributed by atoms with E-state index in [0.717, 1.165) is 10.2 Å². The molecule has 20 heavy (non-hydrogen) atoms. The summed E-state index contributed by atoms with van der Waals surface area (Å²) in [5.74, 6) is 0. The zero-order valence-electron chi connectivity index (χ0n) is 11.9. The topological polar surface area (TPSA) is 25.8 Å². The maximum absolute atomic E-state index is 6.19. The molecular weight excluding hydrogens is 288 g/mol. The number of thiophene rings is 1. The van der Waals surface area contributed by atoms with Crippen LogP contribution in [0.15, 0.2) is 18.5 Å². The Bertz CT molecular complexity index is 798. The minimum absolute atomic E-state index is 0.539. The molecule has 0 aliphatic carbocycles. The van der Waals surface area contributed by atoms with Crippen LogP contribution in [-0.4, -0.2) is 9.97 Å². The van der Waals surface area contributed by atoms with Gasteiger partial charge in [0, 0.05) is 10.4 Å². The van der Waals surface area contributed by atoms with Gasteiger partial charge in [-0.15, -0.1) is 11.3 Å². The molecule has 2 aromatic heterocycles. The number of hydrogen-bond donors (Lipinski definition) is 0. The predicted molar refractivity (Wildman–Crippen MR) is 86.8 cm³/mol. The van der Waals surface area contributed by atoms with E-state index in [1.165, 1.54) is 32.7 Å². The van der Waals surface area contributed by atoms with E-state index in [-0.39, 0.29) is 0 Å². The first kappa shape index (κ1) is 13.5. The highest BCUT2D eigenvalue weighted by Gasteiger charge is 2.18. The van der Waals surface area contributed by atoms with Crippen LogP contribution in [0.2, 0.25) is 5.15 Å². The Morgan fingerprint density at radius 1 is 0.950 bits per heavy atom. The van der Waals surface area contributed by atoms with Crippen molar-refractivity contribution in [3.63, 3.8) is 0 Å². The van der Waals surface area contributed by atoms with Crippen LogP contribution in [0.5, 0.6) is 0 Å². The van der Waals surface area contributed by atoms with Crippen molar-refractivity contribution in [2.24, 2.45) is 0 Å². The predicted octanol–water partition coefficient (Wildman–Crippen LogP) is 5.25. The average molecular weight is 303 g/mol. The van der Waals surface area contributed by atoms with E-state index in [2.05, 4.69) is 49.8 Å². The van der Waals surface area contributed by atoms with Gasteiger partial charge in [-0.1, -0.05) is 29.3 Å². The molecule has 3 aromatic rings. The van der Waals surface area contributed by atoms with Crippen molar-refractivity contribution in [1.82, 2.24) is 9.97 Å². The second-order valence-electron chi connectivity index (χ2n) is 5.15. The van der Waals surface area contributed by atoms with Crippen LogP contribution < -0.4 is 0 Å². The fourth-order valence-electron chi connectivity index (χ4n) is 2.86. The van der Waals surface area contributed by atoms with Gasteiger partial charge in [-0.2, -0.15) is 0 Å². The molecule has 0 aliphatic heterocycles. The van der Waals surface area contributed by atoms with Gasteiger partial charge in [0.05, 0.1) is 10.2 Å². The number of benzene rings is 1. The second kappa shape index (κ2) is 4.83. The van der Waals surface area contributed by atoms with E-state index in [1.54, 1.807) is 17.7 Å². The van der Waals surface area contributed by atoms with Crippen LogP contribution in [0.4, 0.5) is 0 Å². The van der Waals surface area contributed by atoms with Crippen molar-refractivity contribution in [1.29, 1.82) is 0 Å². The molecule has 0 saturated carbocycles. The molecule has 0 aliphatic rings. The summed E-state index contributed by atoms with van der Waals surface area (Å²) < 4.78 is 0.973. The van der Waals surface area contributed by atoms with Gasteiger partial charge < -0.3 is 0 Å². The summed E-state index contributed by atoms with van der Waals surface area (Å²) in [6.07, 6.45) is 1.54. The normalized spacial score (nSPS) is 11.2. The van der Waals surface area contributed by atoms with E-state index in [0.29, 0.717) is 5.15 Å². The third-order valence-electron chi connectivity index (χ3n) is 3.53. The smallest absolute Gasteiger partial charge is 0.150 e. The second-order valence-corrected chi connectivity index (χ2v) is 6.73. The summed E-state index contributed by atoms with van der Waals surface area (Å²) in [7, 11) is 0. The highest BCUT2D eigenvalue weighted by molar-refractivity contribution is 7.20. The minimum atomic E-state index is 0.539. The Morgan fingerprint density at radius 3 is 2.25 bits per heavy atom.